The molecule has 28 heavy (non-hydrogen) atoms. The highest BCUT2D eigenvalue weighted by Gasteiger charge is 2.35. The van der Waals surface area contributed by atoms with Crippen LogP contribution < -0.4 is 5.32 Å². The van der Waals surface area contributed by atoms with E-state index in [9.17, 15) is 4.79 Å². The molecule has 3 aromatic rings. The van der Waals surface area contributed by atoms with Gasteiger partial charge in [0.1, 0.15) is 0 Å². The molecule has 0 aliphatic heterocycles. The van der Waals surface area contributed by atoms with Crippen LogP contribution in [0, 0.1) is 0 Å². The molecule has 1 heterocycles. The van der Waals surface area contributed by atoms with E-state index in [2.05, 4.69) is 46.0 Å². The highest BCUT2D eigenvalue weighted by Crippen LogP contribution is 2.40. The second-order valence-corrected chi connectivity index (χ2v) is 9.04. The summed E-state index contributed by atoms with van der Waals surface area (Å²) in [7, 11) is 0. The zero-order chi connectivity index (χ0) is 19.2. The molecular weight excluding hydrogens is 384 g/mol. The van der Waals surface area contributed by atoms with Crippen molar-refractivity contribution in [3.8, 4) is 0 Å². The van der Waals surface area contributed by atoms with Gasteiger partial charge in [0.25, 0.3) is 5.91 Å². The first-order chi connectivity index (χ1) is 13.8. The number of carbonyl (C=O) groups is 1. The fraction of sp³-hybridized carbons (Fsp3) is 0.304. The Morgan fingerprint density at radius 1 is 1.07 bits per heavy atom. The quantitative estimate of drug-likeness (QED) is 0.512. The average Bonchev–Trinajstić information content (AvgIpc) is 3.44. The van der Waals surface area contributed by atoms with Crippen LogP contribution in [0.2, 0.25) is 0 Å². The molecule has 1 saturated carbocycles. The Labute approximate surface area is 174 Å². The van der Waals surface area contributed by atoms with Gasteiger partial charge in [0, 0.05) is 28.0 Å². The molecule has 144 valence electrons. The number of hydrogen-bond acceptors (Lipinski definition) is 4. The lowest BCUT2D eigenvalue weighted by molar-refractivity contribution is 0.0940. The molecule has 0 saturated heterocycles. The van der Waals surface area contributed by atoms with E-state index in [-0.39, 0.29) is 11.3 Å². The first kappa shape index (κ1) is 19.2. The van der Waals surface area contributed by atoms with Gasteiger partial charge in [0.15, 0.2) is 0 Å². The molecule has 3 nitrogen and oxygen atoms in total. The third-order valence-corrected chi connectivity index (χ3v) is 7.27. The van der Waals surface area contributed by atoms with Crippen LogP contribution in [0.3, 0.4) is 0 Å². The molecule has 1 aliphatic rings. The van der Waals surface area contributed by atoms with Crippen molar-refractivity contribution in [1.82, 2.24) is 10.3 Å². The van der Waals surface area contributed by atoms with Crippen LogP contribution in [0.1, 0.15) is 47.3 Å². The monoisotopic (exact) mass is 408 g/mol. The van der Waals surface area contributed by atoms with Crippen molar-refractivity contribution in [2.24, 2.45) is 0 Å². The summed E-state index contributed by atoms with van der Waals surface area (Å²) in [6.45, 7) is 0.695. The molecule has 0 radical (unpaired) electrons. The number of nitrogens with one attached hydrogen (secondary N) is 1. The summed E-state index contributed by atoms with van der Waals surface area (Å²) >= 11 is 3.27. The summed E-state index contributed by atoms with van der Waals surface area (Å²) in [6.07, 6.45) is 4.73. The van der Waals surface area contributed by atoms with Gasteiger partial charge in [-0.25, -0.2) is 4.98 Å². The van der Waals surface area contributed by atoms with Gasteiger partial charge in [-0.05, 0) is 30.5 Å². The smallest absolute Gasteiger partial charge is 0.252 e. The van der Waals surface area contributed by atoms with E-state index in [0.717, 1.165) is 34.7 Å². The Morgan fingerprint density at radius 2 is 1.82 bits per heavy atom. The largest absolute Gasteiger partial charge is 0.351 e. The van der Waals surface area contributed by atoms with E-state index in [1.54, 1.807) is 23.1 Å². The highest BCUT2D eigenvalue weighted by molar-refractivity contribution is 7.98. The first-order valence-corrected chi connectivity index (χ1v) is 11.6. The lowest BCUT2D eigenvalue weighted by atomic mass is 9.79. The number of thioether (sulfide) groups is 1. The van der Waals surface area contributed by atoms with Gasteiger partial charge in [0.05, 0.1) is 16.8 Å². The number of nitrogens with zero attached hydrogens (tertiary/aromatic N) is 1. The van der Waals surface area contributed by atoms with Crippen LogP contribution in [-0.4, -0.2) is 17.4 Å². The average molecular weight is 409 g/mol. The minimum Gasteiger partial charge on any atom is -0.351 e. The summed E-state index contributed by atoms with van der Waals surface area (Å²) in [5.74, 6) is 0.797. The SMILES string of the molecule is O=C(NCC1(c2ccccc2)CCCC1)c1ccccc1SCc1cscn1. The maximum atomic E-state index is 13.0. The normalized spacial score (nSPS) is 15.4. The Morgan fingerprint density at radius 3 is 2.57 bits per heavy atom. The second-order valence-electron chi connectivity index (χ2n) is 7.30. The topological polar surface area (TPSA) is 42.0 Å². The molecule has 1 fully saturated rings. The fourth-order valence-corrected chi connectivity index (χ4v) is 5.61. The van der Waals surface area contributed by atoms with Crippen LogP contribution in [0.5, 0.6) is 0 Å². The number of benzene rings is 2. The van der Waals surface area contributed by atoms with E-state index >= 15 is 0 Å². The predicted molar refractivity (Wildman–Crippen MR) is 117 cm³/mol. The Hall–Kier alpha value is -2.11. The third kappa shape index (κ3) is 4.31. The van der Waals surface area contributed by atoms with Gasteiger partial charge in [-0.1, -0.05) is 55.3 Å². The molecule has 1 aromatic heterocycles. The predicted octanol–water partition coefficient (Wildman–Crippen LogP) is 5.68. The van der Waals surface area contributed by atoms with Crippen LogP contribution >= 0.6 is 23.1 Å². The summed E-state index contributed by atoms with van der Waals surface area (Å²) in [5.41, 5.74) is 5.07. The van der Waals surface area contributed by atoms with Crippen LogP contribution in [0.15, 0.2) is 70.4 Å². The maximum Gasteiger partial charge on any atom is 0.252 e. The summed E-state index contributed by atoms with van der Waals surface area (Å²) in [6, 6.07) is 18.5. The first-order valence-electron chi connectivity index (χ1n) is 9.69. The molecule has 5 heteroatoms. The van der Waals surface area contributed by atoms with Gasteiger partial charge in [-0.15, -0.1) is 23.1 Å². The number of amides is 1. The van der Waals surface area contributed by atoms with Crippen LogP contribution in [0.25, 0.3) is 0 Å². The second kappa shape index (κ2) is 8.93. The van der Waals surface area contributed by atoms with Crippen molar-refractivity contribution in [2.45, 2.75) is 41.7 Å². The van der Waals surface area contributed by atoms with Gasteiger partial charge in [-0.2, -0.15) is 0 Å². The zero-order valence-electron chi connectivity index (χ0n) is 15.8. The molecule has 0 bridgehead atoms. The minimum absolute atomic E-state index is 0.0172. The van der Waals surface area contributed by atoms with Crippen LogP contribution in [0.4, 0.5) is 0 Å². The molecule has 0 unspecified atom stereocenters. The molecule has 0 atom stereocenters. The van der Waals surface area contributed by atoms with Crippen molar-refractivity contribution in [1.29, 1.82) is 0 Å². The van der Waals surface area contributed by atoms with Crippen molar-refractivity contribution in [3.05, 3.63) is 82.3 Å². The molecule has 0 spiro atoms. The highest BCUT2D eigenvalue weighted by atomic mass is 32.2. The summed E-state index contributed by atoms with van der Waals surface area (Å²) < 4.78 is 0. The number of aromatic nitrogens is 1. The molecule has 4 rings (SSSR count). The number of thiazole rings is 1. The van der Waals surface area contributed by atoms with Crippen molar-refractivity contribution < 1.29 is 4.79 Å². The number of rotatable bonds is 7. The van der Waals surface area contributed by atoms with E-state index < -0.39 is 0 Å². The molecule has 2 aromatic carbocycles. The molecular formula is C23H24N2OS2. The summed E-state index contributed by atoms with van der Waals surface area (Å²) in [4.78, 5) is 18.4. The van der Waals surface area contributed by atoms with Gasteiger partial charge < -0.3 is 5.32 Å². The Balaban J connectivity index is 1.46. The van der Waals surface area contributed by atoms with E-state index in [1.807, 2.05) is 29.8 Å². The lowest BCUT2D eigenvalue weighted by Gasteiger charge is -2.30. The molecule has 1 aliphatic carbocycles. The Bertz CT molecular complexity index is 903. The standard InChI is InChI=1S/C23H24N2OS2/c26-22(20-10-4-5-11-21(20)28-15-19-14-27-17-25-19)24-16-23(12-6-7-13-23)18-8-2-1-3-9-18/h1-5,8-11,14,17H,6-7,12-13,15-16H2,(H,24,26). The fourth-order valence-electron chi connectivity index (χ4n) is 4.00. The zero-order valence-corrected chi connectivity index (χ0v) is 17.4. The lowest BCUT2D eigenvalue weighted by Crippen LogP contribution is -2.39. The third-order valence-electron chi connectivity index (χ3n) is 5.52. The molecule has 1 N–H and O–H groups in total. The summed E-state index contributed by atoms with van der Waals surface area (Å²) in [5, 5.41) is 5.30. The van der Waals surface area contributed by atoms with Crippen molar-refractivity contribution >= 4 is 29.0 Å². The van der Waals surface area contributed by atoms with E-state index in [0.29, 0.717) is 6.54 Å². The van der Waals surface area contributed by atoms with E-state index in [4.69, 9.17) is 0 Å². The van der Waals surface area contributed by atoms with Crippen LogP contribution in [-0.2, 0) is 11.2 Å². The van der Waals surface area contributed by atoms with Gasteiger partial charge >= 0.3 is 0 Å². The van der Waals surface area contributed by atoms with Crippen molar-refractivity contribution in [2.75, 3.05) is 6.54 Å². The van der Waals surface area contributed by atoms with E-state index in [1.165, 1.54) is 18.4 Å². The van der Waals surface area contributed by atoms with Gasteiger partial charge in [0.2, 0.25) is 0 Å². The minimum atomic E-state index is 0.0172. The Kier molecular flexibility index (Phi) is 6.13. The number of carbonyl (C=O) groups excluding carboxylic acids is 1. The maximum absolute atomic E-state index is 13.0. The number of hydrogen-bond donors (Lipinski definition) is 1. The van der Waals surface area contributed by atoms with Gasteiger partial charge in [-0.3, -0.25) is 4.79 Å². The van der Waals surface area contributed by atoms with Crippen molar-refractivity contribution in [3.63, 3.8) is 0 Å². The molecule has 1 amide bonds.